The Morgan fingerprint density at radius 2 is 1.87 bits per heavy atom. The Hall–Kier alpha value is -2.00. The molecule has 0 spiro atoms. The van der Waals surface area contributed by atoms with Gasteiger partial charge in [0.25, 0.3) is 0 Å². The monoisotopic (exact) mass is 539 g/mol. The van der Waals surface area contributed by atoms with Crippen LogP contribution >= 0.6 is 24.0 Å². The van der Waals surface area contributed by atoms with Crippen LogP contribution in [0.25, 0.3) is 0 Å². The van der Waals surface area contributed by atoms with E-state index in [0.29, 0.717) is 12.4 Å². The fourth-order valence-corrected chi connectivity index (χ4v) is 4.06. The Kier molecular flexibility index (Phi) is 9.90. The quantitative estimate of drug-likeness (QED) is 0.302. The van der Waals surface area contributed by atoms with Crippen molar-refractivity contribution >= 4 is 35.6 Å². The van der Waals surface area contributed by atoms with E-state index in [4.69, 9.17) is 14.2 Å². The Morgan fingerprint density at radius 3 is 2.52 bits per heavy atom. The number of anilines is 1. The van der Waals surface area contributed by atoms with Gasteiger partial charge >= 0.3 is 0 Å². The lowest BCUT2D eigenvalue weighted by molar-refractivity contribution is 0.0512. The number of aryl methyl sites for hydroxylation is 1. The smallest absolute Gasteiger partial charge is 0.195 e. The van der Waals surface area contributed by atoms with Gasteiger partial charge in [-0.15, -0.1) is 24.0 Å². The van der Waals surface area contributed by atoms with Crippen LogP contribution in [-0.4, -0.2) is 46.5 Å². The highest BCUT2D eigenvalue weighted by molar-refractivity contribution is 14.0. The first kappa shape index (κ1) is 25.3. The van der Waals surface area contributed by atoms with Gasteiger partial charge in [0.05, 0.1) is 13.7 Å². The highest BCUT2D eigenvalue weighted by atomic mass is 127. The molecule has 0 amide bonds. The predicted molar refractivity (Wildman–Crippen MR) is 137 cm³/mol. The molecule has 2 aromatic rings. The SMILES string of the molecule is CCOc1ccc(NC(=NC)NCC2(c3ccccc3C)CCOCC2)cc1OC.I. The van der Waals surface area contributed by atoms with Crippen molar-refractivity contribution in [2.75, 3.05) is 45.8 Å². The second-order valence-electron chi connectivity index (χ2n) is 7.56. The van der Waals surface area contributed by atoms with Crippen LogP contribution in [0.1, 0.15) is 30.9 Å². The van der Waals surface area contributed by atoms with Gasteiger partial charge in [-0.25, -0.2) is 0 Å². The van der Waals surface area contributed by atoms with E-state index in [1.165, 1.54) is 11.1 Å². The van der Waals surface area contributed by atoms with E-state index in [1.54, 1.807) is 14.2 Å². The largest absolute Gasteiger partial charge is 0.493 e. The van der Waals surface area contributed by atoms with Crippen molar-refractivity contribution in [2.24, 2.45) is 4.99 Å². The topological polar surface area (TPSA) is 64.1 Å². The maximum absolute atomic E-state index is 5.67. The van der Waals surface area contributed by atoms with Crippen LogP contribution in [0.2, 0.25) is 0 Å². The van der Waals surface area contributed by atoms with Gasteiger partial charge in [-0.05, 0) is 49.9 Å². The molecule has 0 aliphatic carbocycles. The molecule has 6 nitrogen and oxygen atoms in total. The number of nitrogens with one attached hydrogen (secondary N) is 2. The lowest BCUT2D eigenvalue weighted by Crippen LogP contribution is -2.46. The molecule has 1 saturated heterocycles. The summed E-state index contributed by atoms with van der Waals surface area (Å²) in [5, 5.41) is 6.91. The lowest BCUT2D eigenvalue weighted by atomic mass is 9.72. The highest BCUT2D eigenvalue weighted by Crippen LogP contribution is 2.36. The maximum Gasteiger partial charge on any atom is 0.195 e. The number of guanidine groups is 1. The first-order valence-electron chi connectivity index (χ1n) is 10.5. The number of rotatable bonds is 7. The second kappa shape index (κ2) is 12.1. The third-order valence-corrected chi connectivity index (χ3v) is 5.71. The normalized spacial score (nSPS) is 15.5. The summed E-state index contributed by atoms with van der Waals surface area (Å²) < 4.78 is 16.7. The van der Waals surface area contributed by atoms with Crippen LogP contribution < -0.4 is 20.1 Å². The summed E-state index contributed by atoms with van der Waals surface area (Å²) in [6.07, 6.45) is 1.97. The number of ether oxygens (including phenoxy) is 3. The van der Waals surface area contributed by atoms with Crippen molar-refractivity contribution in [1.29, 1.82) is 0 Å². The van der Waals surface area contributed by atoms with Crippen LogP contribution in [0.4, 0.5) is 5.69 Å². The van der Waals surface area contributed by atoms with Crippen LogP contribution in [-0.2, 0) is 10.2 Å². The third kappa shape index (κ3) is 6.26. The van der Waals surface area contributed by atoms with Crippen molar-refractivity contribution in [3.63, 3.8) is 0 Å². The van der Waals surface area contributed by atoms with Crippen LogP contribution in [0.3, 0.4) is 0 Å². The molecule has 1 aliphatic heterocycles. The number of hydrogen-bond donors (Lipinski definition) is 2. The molecule has 1 aliphatic rings. The summed E-state index contributed by atoms with van der Waals surface area (Å²) >= 11 is 0. The average Bonchev–Trinajstić information content (AvgIpc) is 2.78. The summed E-state index contributed by atoms with van der Waals surface area (Å²) in [5.74, 6) is 2.15. The van der Waals surface area contributed by atoms with Gasteiger partial charge in [-0.3, -0.25) is 4.99 Å². The van der Waals surface area contributed by atoms with E-state index in [0.717, 1.165) is 50.0 Å². The van der Waals surface area contributed by atoms with E-state index in [9.17, 15) is 0 Å². The summed E-state index contributed by atoms with van der Waals surface area (Å²) in [6.45, 7) is 7.08. The molecule has 170 valence electrons. The van der Waals surface area contributed by atoms with Gasteiger partial charge in [0.1, 0.15) is 0 Å². The second-order valence-corrected chi connectivity index (χ2v) is 7.56. The van der Waals surface area contributed by atoms with Gasteiger partial charge in [-0.1, -0.05) is 24.3 Å². The lowest BCUT2D eigenvalue weighted by Gasteiger charge is -2.39. The fraction of sp³-hybridized carbons (Fsp3) is 0.458. The standard InChI is InChI=1S/C24H33N3O3.HI/c1-5-30-21-11-10-19(16-22(21)28-4)27-23(25-3)26-17-24(12-14-29-15-13-24)20-9-7-6-8-18(20)2;/h6-11,16H,5,12-15,17H2,1-4H3,(H2,25,26,27);1H. The Balaban J connectivity index is 0.00000341. The molecule has 0 atom stereocenters. The molecular formula is C24H34IN3O3. The van der Waals surface area contributed by atoms with Gasteiger partial charge in [-0.2, -0.15) is 0 Å². The number of benzene rings is 2. The maximum atomic E-state index is 5.67. The summed E-state index contributed by atoms with van der Waals surface area (Å²) in [6, 6.07) is 14.4. The Morgan fingerprint density at radius 1 is 1.13 bits per heavy atom. The molecule has 7 heteroatoms. The molecule has 31 heavy (non-hydrogen) atoms. The zero-order valence-corrected chi connectivity index (χ0v) is 21.2. The molecule has 1 fully saturated rings. The van der Waals surface area contributed by atoms with E-state index < -0.39 is 0 Å². The third-order valence-electron chi connectivity index (χ3n) is 5.71. The average molecular weight is 539 g/mol. The van der Waals surface area contributed by atoms with Crippen LogP contribution in [0.5, 0.6) is 11.5 Å². The molecular weight excluding hydrogens is 505 g/mol. The number of nitrogens with zero attached hydrogens (tertiary/aromatic N) is 1. The first-order valence-corrected chi connectivity index (χ1v) is 10.5. The van der Waals surface area contributed by atoms with E-state index in [1.807, 2.05) is 25.1 Å². The fourth-order valence-electron chi connectivity index (χ4n) is 4.06. The van der Waals surface area contributed by atoms with Gasteiger partial charge in [0.15, 0.2) is 17.5 Å². The number of aliphatic imine (C=N–C) groups is 1. The molecule has 0 unspecified atom stereocenters. The number of halogens is 1. The first-order chi connectivity index (χ1) is 14.6. The van der Waals surface area contributed by atoms with Gasteiger partial charge in [0.2, 0.25) is 0 Å². The van der Waals surface area contributed by atoms with Crippen LogP contribution in [0.15, 0.2) is 47.5 Å². The molecule has 0 bridgehead atoms. The van der Waals surface area contributed by atoms with Crippen molar-refractivity contribution in [3.8, 4) is 11.5 Å². The predicted octanol–water partition coefficient (Wildman–Crippen LogP) is 4.76. The Bertz CT molecular complexity index is 867. The zero-order valence-electron chi connectivity index (χ0n) is 18.9. The molecule has 2 aromatic carbocycles. The number of hydrogen-bond acceptors (Lipinski definition) is 4. The van der Waals surface area contributed by atoms with Gasteiger partial charge in [0, 0.05) is 44.0 Å². The van der Waals surface area contributed by atoms with Crippen molar-refractivity contribution in [3.05, 3.63) is 53.6 Å². The highest BCUT2D eigenvalue weighted by Gasteiger charge is 2.35. The summed E-state index contributed by atoms with van der Waals surface area (Å²) in [5.41, 5.74) is 3.62. The van der Waals surface area contributed by atoms with E-state index >= 15 is 0 Å². The van der Waals surface area contributed by atoms with Crippen molar-refractivity contribution in [1.82, 2.24) is 5.32 Å². The zero-order chi connectivity index (χ0) is 21.4. The molecule has 0 radical (unpaired) electrons. The van der Waals surface area contributed by atoms with Crippen molar-refractivity contribution < 1.29 is 14.2 Å². The minimum Gasteiger partial charge on any atom is -0.493 e. The summed E-state index contributed by atoms with van der Waals surface area (Å²) in [7, 11) is 3.43. The van der Waals surface area contributed by atoms with Crippen LogP contribution in [0, 0.1) is 6.92 Å². The van der Waals surface area contributed by atoms with E-state index in [2.05, 4.69) is 46.8 Å². The van der Waals surface area contributed by atoms with Crippen molar-refractivity contribution in [2.45, 2.75) is 32.1 Å². The van der Waals surface area contributed by atoms with E-state index in [-0.39, 0.29) is 29.4 Å². The molecule has 0 saturated carbocycles. The summed E-state index contributed by atoms with van der Waals surface area (Å²) in [4.78, 5) is 4.42. The number of methoxy groups -OCH3 is 1. The minimum atomic E-state index is 0. The Labute approximate surface area is 202 Å². The molecule has 1 heterocycles. The molecule has 3 rings (SSSR count). The van der Waals surface area contributed by atoms with Gasteiger partial charge < -0.3 is 24.8 Å². The molecule has 2 N–H and O–H groups in total. The molecule has 0 aromatic heterocycles. The minimum absolute atomic E-state index is 0.